The number of carbonyl (C=O) groups is 1. The van der Waals surface area contributed by atoms with Crippen LogP contribution in [0.1, 0.15) is 11.1 Å². The van der Waals surface area contributed by atoms with Crippen LogP contribution in [0.25, 0.3) is 0 Å². The molecule has 0 atom stereocenters. The van der Waals surface area contributed by atoms with E-state index in [2.05, 4.69) is 26.0 Å². The Kier molecular flexibility index (Phi) is 6.79. The Bertz CT molecular complexity index is 1120. The largest absolute Gasteiger partial charge is 0.484 e. The first kappa shape index (κ1) is 21.9. The molecule has 1 amide bonds. The fourth-order valence-electron chi connectivity index (χ4n) is 2.78. The van der Waals surface area contributed by atoms with E-state index in [1.807, 2.05) is 32.0 Å². The number of hydrogen-bond acceptors (Lipinski definition) is 4. The number of ether oxygens (including phenoxy) is 1. The molecule has 0 heterocycles. The van der Waals surface area contributed by atoms with Crippen LogP contribution in [0.15, 0.2) is 76.1 Å². The van der Waals surface area contributed by atoms with Gasteiger partial charge in [-0.2, -0.15) is 0 Å². The molecule has 156 valence electrons. The van der Waals surface area contributed by atoms with Crippen LogP contribution in [0.4, 0.5) is 11.4 Å². The molecule has 3 aromatic rings. The predicted molar refractivity (Wildman–Crippen MR) is 121 cm³/mol. The van der Waals surface area contributed by atoms with Gasteiger partial charge in [0.05, 0.1) is 4.90 Å². The number of halogens is 1. The van der Waals surface area contributed by atoms with E-state index < -0.39 is 10.0 Å². The highest BCUT2D eigenvalue weighted by atomic mass is 79.9. The number of para-hydroxylation sites is 1. The molecule has 0 saturated heterocycles. The first-order valence-corrected chi connectivity index (χ1v) is 11.4. The van der Waals surface area contributed by atoms with E-state index >= 15 is 0 Å². The molecule has 8 heteroatoms. The molecule has 0 aliphatic rings. The van der Waals surface area contributed by atoms with Crippen LogP contribution >= 0.6 is 15.9 Å². The smallest absolute Gasteiger partial charge is 0.262 e. The zero-order valence-electron chi connectivity index (χ0n) is 16.5. The van der Waals surface area contributed by atoms with Crippen molar-refractivity contribution in [1.82, 2.24) is 0 Å². The maximum Gasteiger partial charge on any atom is 0.262 e. The van der Waals surface area contributed by atoms with E-state index in [1.165, 1.54) is 24.3 Å². The Morgan fingerprint density at radius 3 is 2.13 bits per heavy atom. The molecule has 3 aromatic carbocycles. The maximum atomic E-state index is 12.5. The zero-order chi connectivity index (χ0) is 21.7. The molecule has 0 bridgehead atoms. The summed E-state index contributed by atoms with van der Waals surface area (Å²) in [4.78, 5) is 12.3. The number of rotatable bonds is 7. The second-order valence-corrected chi connectivity index (χ2v) is 9.29. The van der Waals surface area contributed by atoms with Crippen molar-refractivity contribution in [3.8, 4) is 5.75 Å². The summed E-state index contributed by atoms with van der Waals surface area (Å²) in [5, 5.41) is 2.84. The number of carbonyl (C=O) groups excluding carboxylic acids is 1. The second kappa shape index (κ2) is 9.32. The Morgan fingerprint density at radius 1 is 0.933 bits per heavy atom. The fraction of sp³-hybridized carbons (Fsp3) is 0.136. The number of amides is 1. The van der Waals surface area contributed by atoms with E-state index in [1.54, 1.807) is 24.3 Å². The van der Waals surface area contributed by atoms with Gasteiger partial charge in [0.2, 0.25) is 0 Å². The van der Waals surface area contributed by atoms with E-state index in [0.29, 0.717) is 11.4 Å². The molecule has 30 heavy (non-hydrogen) atoms. The van der Waals surface area contributed by atoms with Crippen molar-refractivity contribution < 1.29 is 17.9 Å². The van der Waals surface area contributed by atoms with Crippen LogP contribution in [0.3, 0.4) is 0 Å². The topological polar surface area (TPSA) is 84.5 Å². The lowest BCUT2D eigenvalue weighted by Gasteiger charge is -2.12. The lowest BCUT2D eigenvalue weighted by Crippen LogP contribution is -2.21. The van der Waals surface area contributed by atoms with Crippen LogP contribution in [-0.4, -0.2) is 20.9 Å². The van der Waals surface area contributed by atoms with Gasteiger partial charge in [-0.1, -0.05) is 34.1 Å². The van der Waals surface area contributed by atoms with Crippen molar-refractivity contribution in [2.24, 2.45) is 0 Å². The minimum atomic E-state index is -3.72. The number of anilines is 2. The highest BCUT2D eigenvalue weighted by Crippen LogP contribution is 2.22. The number of hydrogen-bond donors (Lipinski definition) is 2. The monoisotopic (exact) mass is 488 g/mol. The Hall–Kier alpha value is -2.84. The van der Waals surface area contributed by atoms with Gasteiger partial charge in [0.1, 0.15) is 5.75 Å². The summed E-state index contributed by atoms with van der Waals surface area (Å²) in [6, 6.07) is 18.5. The third kappa shape index (κ3) is 5.61. The van der Waals surface area contributed by atoms with Crippen LogP contribution in [0.2, 0.25) is 0 Å². The van der Waals surface area contributed by atoms with Gasteiger partial charge in [-0.15, -0.1) is 0 Å². The van der Waals surface area contributed by atoms with Gasteiger partial charge in [0.15, 0.2) is 6.61 Å². The number of nitrogens with one attached hydrogen (secondary N) is 2. The number of aryl methyl sites for hydroxylation is 2. The van der Waals surface area contributed by atoms with Crippen molar-refractivity contribution in [3.05, 3.63) is 82.3 Å². The Balaban J connectivity index is 1.60. The summed E-state index contributed by atoms with van der Waals surface area (Å²) in [5.74, 6) is 0.107. The predicted octanol–water partition coefficient (Wildman–Crippen LogP) is 4.88. The number of benzene rings is 3. The molecular formula is C22H21BrN2O4S. The minimum Gasteiger partial charge on any atom is -0.484 e. The summed E-state index contributed by atoms with van der Waals surface area (Å²) < 4.78 is 33.9. The van der Waals surface area contributed by atoms with E-state index in [-0.39, 0.29) is 17.4 Å². The van der Waals surface area contributed by atoms with E-state index in [4.69, 9.17) is 4.74 Å². The molecule has 6 nitrogen and oxygen atoms in total. The highest BCUT2D eigenvalue weighted by molar-refractivity contribution is 9.10. The van der Waals surface area contributed by atoms with E-state index in [0.717, 1.165) is 21.3 Å². The second-order valence-electron chi connectivity index (χ2n) is 6.69. The van der Waals surface area contributed by atoms with Gasteiger partial charge in [-0.25, -0.2) is 8.42 Å². The van der Waals surface area contributed by atoms with Crippen molar-refractivity contribution in [3.63, 3.8) is 0 Å². The first-order chi connectivity index (χ1) is 14.2. The van der Waals surface area contributed by atoms with Crippen LogP contribution in [-0.2, 0) is 14.8 Å². The molecule has 0 aromatic heterocycles. The normalized spacial score (nSPS) is 11.0. The van der Waals surface area contributed by atoms with Gasteiger partial charge >= 0.3 is 0 Å². The summed E-state index contributed by atoms with van der Waals surface area (Å²) in [5.41, 5.74) is 3.17. The van der Waals surface area contributed by atoms with Gasteiger partial charge < -0.3 is 10.1 Å². The fourth-order valence-corrected chi connectivity index (χ4v) is 4.11. The van der Waals surface area contributed by atoms with Gasteiger partial charge in [0, 0.05) is 15.8 Å². The van der Waals surface area contributed by atoms with Crippen LogP contribution in [0.5, 0.6) is 5.75 Å². The Labute approximate surface area is 184 Å². The van der Waals surface area contributed by atoms with Crippen LogP contribution in [0, 0.1) is 13.8 Å². The molecule has 0 aliphatic carbocycles. The average molecular weight is 489 g/mol. The number of sulfonamides is 1. The molecule has 0 fully saturated rings. The standard InChI is InChI=1S/C22H21BrN2O4S/c1-15-4-3-5-16(2)22(15)24-21(26)14-29-19-10-12-20(13-11-19)30(27,28)25-18-8-6-17(23)7-9-18/h3-13,25H,14H2,1-2H3,(H,24,26). The third-order valence-electron chi connectivity index (χ3n) is 4.35. The van der Waals surface area contributed by atoms with Crippen molar-refractivity contribution in [1.29, 1.82) is 0 Å². The summed E-state index contributed by atoms with van der Waals surface area (Å²) >= 11 is 3.31. The summed E-state index contributed by atoms with van der Waals surface area (Å²) in [6.07, 6.45) is 0. The van der Waals surface area contributed by atoms with Gasteiger partial charge in [-0.05, 0) is 73.5 Å². The van der Waals surface area contributed by atoms with E-state index in [9.17, 15) is 13.2 Å². The quantitative estimate of drug-likeness (QED) is 0.495. The van der Waals surface area contributed by atoms with Crippen molar-refractivity contribution in [2.75, 3.05) is 16.6 Å². The summed E-state index contributed by atoms with van der Waals surface area (Å²) in [6.45, 7) is 3.66. The molecule has 0 radical (unpaired) electrons. The minimum absolute atomic E-state index is 0.0951. The summed E-state index contributed by atoms with van der Waals surface area (Å²) in [7, 11) is -3.72. The molecule has 0 unspecified atom stereocenters. The average Bonchev–Trinajstić information content (AvgIpc) is 2.71. The molecule has 0 spiro atoms. The Morgan fingerprint density at radius 2 is 1.53 bits per heavy atom. The van der Waals surface area contributed by atoms with Gasteiger partial charge in [0.25, 0.3) is 15.9 Å². The molecular weight excluding hydrogens is 468 g/mol. The van der Waals surface area contributed by atoms with Gasteiger partial charge in [-0.3, -0.25) is 9.52 Å². The first-order valence-electron chi connectivity index (χ1n) is 9.12. The lowest BCUT2D eigenvalue weighted by atomic mass is 10.1. The maximum absolute atomic E-state index is 12.5. The third-order valence-corrected chi connectivity index (χ3v) is 6.27. The van der Waals surface area contributed by atoms with Crippen molar-refractivity contribution >= 4 is 43.2 Å². The molecule has 2 N–H and O–H groups in total. The highest BCUT2D eigenvalue weighted by Gasteiger charge is 2.14. The molecule has 0 saturated carbocycles. The molecule has 0 aliphatic heterocycles. The lowest BCUT2D eigenvalue weighted by molar-refractivity contribution is -0.118. The SMILES string of the molecule is Cc1cccc(C)c1NC(=O)COc1ccc(S(=O)(=O)Nc2ccc(Br)cc2)cc1. The molecule has 3 rings (SSSR count). The van der Waals surface area contributed by atoms with Crippen LogP contribution < -0.4 is 14.8 Å². The zero-order valence-corrected chi connectivity index (χ0v) is 18.9. The van der Waals surface area contributed by atoms with Crippen molar-refractivity contribution in [2.45, 2.75) is 18.7 Å².